The van der Waals surface area contributed by atoms with Crippen molar-refractivity contribution in [2.75, 3.05) is 11.9 Å². The maximum Gasteiger partial charge on any atom is 0.262 e. The van der Waals surface area contributed by atoms with E-state index in [9.17, 15) is 4.79 Å². The van der Waals surface area contributed by atoms with Gasteiger partial charge < -0.3 is 14.5 Å². The van der Waals surface area contributed by atoms with Gasteiger partial charge in [0.2, 0.25) is 5.89 Å². The summed E-state index contributed by atoms with van der Waals surface area (Å²) in [4.78, 5) is 20.7. The van der Waals surface area contributed by atoms with Crippen molar-refractivity contribution in [2.24, 2.45) is 0 Å². The van der Waals surface area contributed by atoms with Crippen molar-refractivity contribution < 1.29 is 13.9 Å². The summed E-state index contributed by atoms with van der Waals surface area (Å²) in [6.45, 7) is -0.157. The van der Waals surface area contributed by atoms with Crippen molar-refractivity contribution in [1.82, 2.24) is 9.97 Å². The van der Waals surface area contributed by atoms with E-state index in [0.717, 1.165) is 10.0 Å². The van der Waals surface area contributed by atoms with Gasteiger partial charge in [-0.1, -0.05) is 23.7 Å². The van der Waals surface area contributed by atoms with Gasteiger partial charge in [-0.05, 0) is 52.3 Å². The number of aromatic nitrogens is 2. The second-order valence-corrected chi connectivity index (χ2v) is 7.18. The number of rotatable bonds is 5. The molecule has 0 aliphatic carbocycles. The summed E-state index contributed by atoms with van der Waals surface area (Å²) in [6, 6.07) is 14.1. The molecule has 0 aliphatic heterocycles. The second-order valence-electron chi connectivity index (χ2n) is 5.86. The van der Waals surface area contributed by atoms with Gasteiger partial charge in [-0.25, -0.2) is 4.98 Å². The van der Waals surface area contributed by atoms with Gasteiger partial charge in [-0.15, -0.1) is 0 Å². The number of fused-ring (bicyclic) bond motifs is 1. The predicted molar refractivity (Wildman–Crippen MR) is 111 cm³/mol. The molecule has 0 fully saturated rings. The van der Waals surface area contributed by atoms with E-state index in [-0.39, 0.29) is 12.5 Å². The fraction of sp³-hybridized carbons (Fsp3) is 0.0500. The molecular weight excluding hydrogens is 446 g/mol. The van der Waals surface area contributed by atoms with Crippen LogP contribution < -0.4 is 10.1 Å². The summed E-state index contributed by atoms with van der Waals surface area (Å²) < 4.78 is 12.0. The third kappa shape index (κ3) is 4.16. The Morgan fingerprint density at radius 3 is 2.86 bits per heavy atom. The van der Waals surface area contributed by atoms with Crippen LogP contribution in [0.3, 0.4) is 0 Å². The lowest BCUT2D eigenvalue weighted by atomic mass is 10.3. The number of ether oxygens (including phenoxy) is 1. The maximum atomic E-state index is 12.2. The first kappa shape index (κ1) is 18.5. The molecular formula is C20H13BrClN3O3. The maximum absolute atomic E-state index is 12.2. The van der Waals surface area contributed by atoms with Gasteiger partial charge >= 0.3 is 0 Å². The number of carbonyl (C=O) groups excluding carboxylic acids is 1. The Bertz CT molecular complexity index is 1160. The van der Waals surface area contributed by atoms with Crippen LogP contribution in [-0.2, 0) is 4.79 Å². The number of carbonyl (C=O) groups is 1. The minimum atomic E-state index is -0.306. The van der Waals surface area contributed by atoms with Gasteiger partial charge in [0, 0.05) is 22.6 Å². The second kappa shape index (κ2) is 8.00. The lowest BCUT2D eigenvalue weighted by Gasteiger charge is -2.08. The third-order valence-corrected chi connectivity index (χ3v) is 4.56. The van der Waals surface area contributed by atoms with Crippen molar-refractivity contribution in [1.29, 1.82) is 0 Å². The average molecular weight is 459 g/mol. The first-order valence-corrected chi connectivity index (χ1v) is 9.44. The zero-order valence-electron chi connectivity index (χ0n) is 14.4. The van der Waals surface area contributed by atoms with E-state index < -0.39 is 0 Å². The highest BCUT2D eigenvalue weighted by Crippen LogP contribution is 2.27. The van der Waals surface area contributed by atoms with Crippen molar-refractivity contribution in [2.45, 2.75) is 0 Å². The lowest BCUT2D eigenvalue weighted by molar-refractivity contribution is -0.118. The quantitative estimate of drug-likeness (QED) is 0.438. The van der Waals surface area contributed by atoms with Crippen LogP contribution in [0.1, 0.15) is 0 Å². The largest absolute Gasteiger partial charge is 0.482 e. The van der Waals surface area contributed by atoms with Gasteiger partial charge in [0.05, 0.1) is 10.6 Å². The summed E-state index contributed by atoms with van der Waals surface area (Å²) in [5.74, 6) is 0.604. The van der Waals surface area contributed by atoms with Crippen LogP contribution in [0.2, 0.25) is 5.02 Å². The fourth-order valence-corrected chi connectivity index (χ4v) is 3.11. The number of pyridine rings is 1. The molecule has 2 aromatic heterocycles. The number of para-hydroxylation sites is 1. The van der Waals surface area contributed by atoms with Crippen molar-refractivity contribution >= 4 is 50.2 Å². The minimum absolute atomic E-state index is 0.157. The van der Waals surface area contributed by atoms with E-state index in [4.69, 9.17) is 20.8 Å². The molecule has 0 saturated heterocycles. The Hall–Kier alpha value is -2.90. The van der Waals surface area contributed by atoms with Gasteiger partial charge in [0.25, 0.3) is 5.91 Å². The topological polar surface area (TPSA) is 77.2 Å². The number of amides is 1. The van der Waals surface area contributed by atoms with Crippen molar-refractivity contribution in [3.8, 4) is 17.2 Å². The molecule has 0 spiro atoms. The fourth-order valence-electron chi connectivity index (χ4n) is 2.56. The van der Waals surface area contributed by atoms with Crippen LogP contribution in [0.25, 0.3) is 22.6 Å². The Labute approximate surface area is 173 Å². The molecule has 6 nitrogen and oxygen atoms in total. The molecule has 28 heavy (non-hydrogen) atoms. The molecule has 0 saturated carbocycles. The molecule has 8 heteroatoms. The molecule has 140 valence electrons. The molecule has 0 aliphatic rings. The van der Waals surface area contributed by atoms with Crippen LogP contribution >= 0.6 is 27.5 Å². The first-order valence-electron chi connectivity index (χ1n) is 8.27. The molecule has 4 rings (SSSR count). The minimum Gasteiger partial charge on any atom is -0.482 e. The number of hydrogen-bond donors (Lipinski definition) is 1. The molecule has 0 radical (unpaired) electrons. The smallest absolute Gasteiger partial charge is 0.262 e. The highest BCUT2D eigenvalue weighted by Gasteiger charge is 2.11. The van der Waals surface area contributed by atoms with E-state index in [1.54, 1.807) is 54.9 Å². The SMILES string of the molecule is O=C(COc1ccccc1Cl)Nc1ccc2oc(-c3cncc(Br)c3)nc2c1. The Kier molecular flexibility index (Phi) is 5.27. The highest BCUT2D eigenvalue weighted by atomic mass is 79.9. The monoisotopic (exact) mass is 457 g/mol. The summed E-state index contributed by atoms with van der Waals surface area (Å²) >= 11 is 9.39. The van der Waals surface area contributed by atoms with E-state index in [1.807, 2.05) is 6.07 Å². The normalized spacial score (nSPS) is 10.8. The van der Waals surface area contributed by atoms with Crippen LogP contribution in [0, 0.1) is 0 Å². The van der Waals surface area contributed by atoms with E-state index in [2.05, 4.69) is 31.2 Å². The first-order chi connectivity index (χ1) is 13.6. The number of oxazole rings is 1. The Balaban J connectivity index is 1.47. The molecule has 1 N–H and O–H groups in total. The standard InChI is InChI=1S/C20H13BrClN3O3/c21-13-7-12(9-23-10-13)20-25-16-8-14(5-6-18(16)28-20)24-19(26)11-27-17-4-2-1-3-15(17)22/h1-10H,11H2,(H,24,26). The van der Waals surface area contributed by atoms with Crippen LogP contribution in [-0.4, -0.2) is 22.5 Å². The number of nitrogens with zero attached hydrogens (tertiary/aromatic N) is 2. The zero-order chi connectivity index (χ0) is 19.5. The summed E-state index contributed by atoms with van der Waals surface area (Å²) in [5.41, 5.74) is 2.58. The molecule has 4 aromatic rings. The molecule has 2 aromatic carbocycles. The number of hydrogen-bond acceptors (Lipinski definition) is 5. The van der Waals surface area contributed by atoms with E-state index >= 15 is 0 Å². The van der Waals surface area contributed by atoms with Gasteiger partial charge in [-0.3, -0.25) is 9.78 Å². The number of halogens is 2. The Morgan fingerprint density at radius 1 is 1.18 bits per heavy atom. The summed E-state index contributed by atoms with van der Waals surface area (Å²) in [5, 5.41) is 3.23. The lowest BCUT2D eigenvalue weighted by Crippen LogP contribution is -2.20. The predicted octanol–water partition coefficient (Wildman–Crippen LogP) is 5.32. The van der Waals surface area contributed by atoms with Crippen LogP contribution in [0.5, 0.6) is 5.75 Å². The third-order valence-electron chi connectivity index (χ3n) is 3.82. The molecule has 1 amide bonds. The van der Waals surface area contributed by atoms with Crippen LogP contribution in [0.4, 0.5) is 5.69 Å². The van der Waals surface area contributed by atoms with E-state index in [0.29, 0.717) is 33.4 Å². The molecule has 2 heterocycles. The zero-order valence-corrected chi connectivity index (χ0v) is 16.7. The van der Waals surface area contributed by atoms with E-state index in [1.165, 1.54) is 0 Å². The number of benzene rings is 2. The van der Waals surface area contributed by atoms with Crippen molar-refractivity contribution in [3.63, 3.8) is 0 Å². The van der Waals surface area contributed by atoms with Crippen molar-refractivity contribution in [3.05, 3.63) is 70.4 Å². The number of anilines is 1. The summed E-state index contributed by atoms with van der Waals surface area (Å²) in [6.07, 6.45) is 3.36. The Morgan fingerprint density at radius 2 is 2.04 bits per heavy atom. The van der Waals surface area contributed by atoms with Gasteiger partial charge in [0.1, 0.15) is 11.3 Å². The summed E-state index contributed by atoms with van der Waals surface area (Å²) in [7, 11) is 0. The molecule has 0 atom stereocenters. The highest BCUT2D eigenvalue weighted by molar-refractivity contribution is 9.10. The molecule has 0 bridgehead atoms. The van der Waals surface area contributed by atoms with Gasteiger partial charge in [-0.2, -0.15) is 0 Å². The van der Waals surface area contributed by atoms with Crippen LogP contribution in [0.15, 0.2) is 69.8 Å². The number of nitrogens with one attached hydrogen (secondary N) is 1. The van der Waals surface area contributed by atoms with Gasteiger partial charge in [0.15, 0.2) is 12.2 Å². The average Bonchev–Trinajstić information content (AvgIpc) is 3.11. The molecule has 0 unspecified atom stereocenters.